The number of anilines is 1. The van der Waals surface area contributed by atoms with Crippen LogP contribution < -0.4 is 9.64 Å². The minimum atomic E-state index is -0.0336. The van der Waals surface area contributed by atoms with E-state index in [-0.39, 0.29) is 11.8 Å². The molecule has 3 rings (SSSR count). The lowest BCUT2D eigenvalue weighted by Gasteiger charge is -2.37. The Hall–Kier alpha value is -2.49. The molecular formula is C21H26N2O2. The maximum atomic E-state index is 12.9. The molecule has 0 aromatic heterocycles. The van der Waals surface area contributed by atoms with Crippen molar-refractivity contribution in [3.8, 4) is 5.75 Å². The van der Waals surface area contributed by atoms with Gasteiger partial charge in [0, 0.05) is 31.9 Å². The highest BCUT2D eigenvalue weighted by Gasteiger charge is 2.27. The Labute approximate surface area is 150 Å². The van der Waals surface area contributed by atoms with Gasteiger partial charge in [0.15, 0.2) is 0 Å². The standard InChI is InChI=1S/C21H26N2O2/c1-3-20(17-7-5-4-6-8-17)21(24)23-15-13-22(14-16-23)18-9-11-19(25-2)12-10-18/h4-12,20H,3,13-16H2,1-2H3/t20-/m0/s1. The molecule has 0 N–H and O–H groups in total. The summed E-state index contributed by atoms with van der Waals surface area (Å²) in [6.45, 7) is 5.36. The largest absolute Gasteiger partial charge is 0.497 e. The number of ether oxygens (including phenoxy) is 1. The van der Waals surface area contributed by atoms with E-state index in [1.54, 1.807) is 7.11 Å². The van der Waals surface area contributed by atoms with Gasteiger partial charge in [-0.05, 0) is 36.2 Å². The van der Waals surface area contributed by atoms with Crippen LogP contribution in [-0.4, -0.2) is 44.1 Å². The molecule has 2 aromatic carbocycles. The molecule has 0 saturated carbocycles. The first-order valence-corrected chi connectivity index (χ1v) is 8.95. The van der Waals surface area contributed by atoms with Crippen LogP contribution in [0, 0.1) is 0 Å². The fraction of sp³-hybridized carbons (Fsp3) is 0.381. The predicted molar refractivity (Wildman–Crippen MR) is 101 cm³/mol. The number of amides is 1. The zero-order valence-corrected chi connectivity index (χ0v) is 15.0. The van der Waals surface area contributed by atoms with Gasteiger partial charge in [0.05, 0.1) is 13.0 Å². The van der Waals surface area contributed by atoms with E-state index in [9.17, 15) is 4.79 Å². The normalized spacial score (nSPS) is 15.8. The first-order chi connectivity index (χ1) is 12.2. The molecule has 1 heterocycles. The van der Waals surface area contributed by atoms with Crippen molar-refractivity contribution in [1.29, 1.82) is 0 Å². The molecule has 1 aliphatic heterocycles. The number of methoxy groups -OCH3 is 1. The number of piperazine rings is 1. The van der Waals surface area contributed by atoms with Crippen molar-refractivity contribution in [3.63, 3.8) is 0 Å². The van der Waals surface area contributed by atoms with Gasteiger partial charge in [-0.1, -0.05) is 37.3 Å². The average molecular weight is 338 g/mol. The molecule has 4 heteroatoms. The third-order valence-corrected chi connectivity index (χ3v) is 4.94. The molecule has 4 nitrogen and oxygen atoms in total. The van der Waals surface area contributed by atoms with Crippen molar-refractivity contribution >= 4 is 11.6 Å². The van der Waals surface area contributed by atoms with Gasteiger partial charge in [-0.3, -0.25) is 4.79 Å². The first-order valence-electron chi connectivity index (χ1n) is 8.95. The van der Waals surface area contributed by atoms with Gasteiger partial charge in [-0.2, -0.15) is 0 Å². The first kappa shape index (κ1) is 17.3. The monoisotopic (exact) mass is 338 g/mol. The molecule has 0 spiro atoms. The highest BCUT2D eigenvalue weighted by molar-refractivity contribution is 5.84. The number of nitrogens with zero attached hydrogens (tertiary/aromatic N) is 2. The van der Waals surface area contributed by atoms with Crippen molar-refractivity contribution in [1.82, 2.24) is 4.90 Å². The Balaban J connectivity index is 1.62. The summed E-state index contributed by atoms with van der Waals surface area (Å²) in [5.74, 6) is 1.09. The second kappa shape index (κ2) is 8.06. The SMILES string of the molecule is CC[C@H](C(=O)N1CCN(c2ccc(OC)cc2)CC1)c1ccccc1. The van der Waals surface area contributed by atoms with Crippen molar-refractivity contribution < 1.29 is 9.53 Å². The summed E-state index contributed by atoms with van der Waals surface area (Å²) in [7, 11) is 1.68. The van der Waals surface area contributed by atoms with Gasteiger partial charge >= 0.3 is 0 Å². The summed E-state index contributed by atoms with van der Waals surface area (Å²) in [5, 5.41) is 0. The van der Waals surface area contributed by atoms with E-state index in [0.29, 0.717) is 0 Å². The Morgan fingerprint density at radius 1 is 1.00 bits per heavy atom. The van der Waals surface area contributed by atoms with Crippen molar-refractivity contribution in [3.05, 3.63) is 60.2 Å². The van der Waals surface area contributed by atoms with Crippen LogP contribution in [-0.2, 0) is 4.79 Å². The fourth-order valence-electron chi connectivity index (χ4n) is 3.44. The third-order valence-electron chi connectivity index (χ3n) is 4.94. The van der Waals surface area contributed by atoms with Gasteiger partial charge < -0.3 is 14.5 Å². The molecule has 132 valence electrons. The lowest BCUT2D eigenvalue weighted by atomic mass is 9.95. The Bertz CT molecular complexity index is 677. The van der Waals surface area contributed by atoms with Crippen LogP contribution in [0.5, 0.6) is 5.75 Å². The summed E-state index contributed by atoms with van der Waals surface area (Å²) in [6.07, 6.45) is 0.835. The van der Waals surface area contributed by atoms with E-state index in [0.717, 1.165) is 43.9 Å². The molecule has 2 aromatic rings. The molecule has 25 heavy (non-hydrogen) atoms. The van der Waals surface area contributed by atoms with Crippen LogP contribution in [0.2, 0.25) is 0 Å². The smallest absolute Gasteiger partial charge is 0.230 e. The molecular weight excluding hydrogens is 312 g/mol. The van der Waals surface area contributed by atoms with Crippen LogP contribution in [0.15, 0.2) is 54.6 Å². The molecule has 0 aliphatic carbocycles. The Morgan fingerprint density at radius 2 is 1.64 bits per heavy atom. The summed E-state index contributed by atoms with van der Waals surface area (Å²) in [5.41, 5.74) is 2.30. The van der Waals surface area contributed by atoms with Crippen molar-refractivity contribution in [2.24, 2.45) is 0 Å². The Morgan fingerprint density at radius 3 is 2.20 bits per heavy atom. The predicted octanol–water partition coefficient (Wildman–Crippen LogP) is 3.54. The minimum Gasteiger partial charge on any atom is -0.497 e. The van der Waals surface area contributed by atoms with Gasteiger partial charge in [0.25, 0.3) is 0 Å². The van der Waals surface area contributed by atoms with Crippen LogP contribution >= 0.6 is 0 Å². The van der Waals surface area contributed by atoms with E-state index >= 15 is 0 Å². The molecule has 1 aliphatic rings. The van der Waals surface area contributed by atoms with Gasteiger partial charge in [-0.15, -0.1) is 0 Å². The number of carbonyl (C=O) groups is 1. The van der Waals surface area contributed by atoms with Gasteiger partial charge in [-0.25, -0.2) is 0 Å². The number of hydrogen-bond donors (Lipinski definition) is 0. The minimum absolute atomic E-state index is 0.0336. The van der Waals surface area contributed by atoms with E-state index < -0.39 is 0 Å². The maximum absolute atomic E-state index is 12.9. The van der Waals surface area contributed by atoms with E-state index in [1.807, 2.05) is 35.2 Å². The second-order valence-corrected chi connectivity index (χ2v) is 6.38. The third kappa shape index (κ3) is 3.95. The quantitative estimate of drug-likeness (QED) is 0.836. The van der Waals surface area contributed by atoms with E-state index in [1.165, 1.54) is 5.69 Å². The molecule has 0 radical (unpaired) electrons. The molecule has 0 bridgehead atoms. The number of carbonyl (C=O) groups excluding carboxylic acids is 1. The summed E-state index contributed by atoms with van der Waals surface area (Å²) in [4.78, 5) is 17.3. The number of benzene rings is 2. The topological polar surface area (TPSA) is 32.8 Å². The summed E-state index contributed by atoms with van der Waals surface area (Å²) >= 11 is 0. The van der Waals surface area contributed by atoms with Crippen LogP contribution in [0.1, 0.15) is 24.8 Å². The molecule has 1 saturated heterocycles. The van der Waals surface area contributed by atoms with Crippen LogP contribution in [0.3, 0.4) is 0 Å². The second-order valence-electron chi connectivity index (χ2n) is 6.38. The summed E-state index contributed by atoms with van der Waals surface area (Å²) < 4.78 is 5.21. The molecule has 0 unspecified atom stereocenters. The van der Waals surface area contributed by atoms with Crippen molar-refractivity contribution in [2.75, 3.05) is 38.2 Å². The van der Waals surface area contributed by atoms with E-state index in [2.05, 4.69) is 36.1 Å². The fourth-order valence-corrected chi connectivity index (χ4v) is 3.44. The molecule has 1 amide bonds. The van der Waals surface area contributed by atoms with Crippen LogP contribution in [0.25, 0.3) is 0 Å². The Kier molecular flexibility index (Phi) is 5.59. The average Bonchev–Trinajstić information content (AvgIpc) is 2.69. The zero-order valence-electron chi connectivity index (χ0n) is 15.0. The van der Waals surface area contributed by atoms with Gasteiger partial charge in [0.2, 0.25) is 5.91 Å². The summed E-state index contributed by atoms with van der Waals surface area (Å²) in [6, 6.07) is 18.2. The van der Waals surface area contributed by atoms with Crippen molar-refractivity contribution in [2.45, 2.75) is 19.3 Å². The highest BCUT2D eigenvalue weighted by Crippen LogP contribution is 2.24. The highest BCUT2D eigenvalue weighted by atomic mass is 16.5. The van der Waals surface area contributed by atoms with Gasteiger partial charge in [0.1, 0.15) is 5.75 Å². The zero-order chi connectivity index (χ0) is 17.6. The van der Waals surface area contributed by atoms with Crippen LogP contribution in [0.4, 0.5) is 5.69 Å². The molecule has 1 fully saturated rings. The maximum Gasteiger partial charge on any atom is 0.230 e. The van der Waals surface area contributed by atoms with E-state index in [4.69, 9.17) is 4.74 Å². The lowest BCUT2D eigenvalue weighted by molar-refractivity contribution is -0.133. The lowest BCUT2D eigenvalue weighted by Crippen LogP contribution is -2.50. The number of rotatable bonds is 5. The molecule has 1 atom stereocenters. The number of hydrogen-bond acceptors (Lipinski definition) is 3.